The number of aliphatic hydroxyl groups excluding tert-OH is 1. The zero-order chi connectivity index (χ0) is 10.7. The zero-order valence-electron chi connectivity index (χ0n) is 8.32. The van der Waals surface area contributed by atoms with Gasteiger partial charge in [0, 0.05) is 4.90 Å². The molecule has 0 heterocycles. The van der Waals surface area contributed by atoms with Crippen molar-refractivity contribution in [3.8, 4) is 5.75 Å². The van der Waals surface area contributed by atoms with E-state index in [1.165, 1.54) is 0 Å². The zero-order valence-corrected chi connectivity index (χ0v) is 9.14. The second kappa shape index (κ2) is 4.68. The summed E-state index contributed by atoms with van der Waals surface area (Å²) in [6.07, 6.45) is 1.94. The van der Waals surface area contributed by atoms with Crippen LogP contribution in [-0.4, -0.2) is 23.1 Å². The lowest BCUT2D eigenvalue weighted by molar-refractivity contribution is 0.266. The fourth-order valence-corrected chi connectivity index (χ4v) is 1.99. The van der Waals surface area contributed by atoms with Crippen LogP contribution in [0.15, 0.2) is 17.0 Å². The molecule has 0 aliphatic rings. The molecule has 0 aliphatic heterocycles. The molecule has 0 aromatic heterocycles. The molecule has 1 rings (SSSR count). The van der Waals surface area contributed by atoms with E-state index in [9.17, 15) is 5.11 Å². The first-order valence-corrected chi connectivity index (χ1v) is 5.56. The van der Waals surface area contributed by atoms with E-state index in [1.807, 2.05) is 19.2 Å². The number of nitrogens with two attached hydrogens (primary N) is 1. The van der Waals surface area contributed by atoms with E-state index in [2.05, 4.69) is 0 Å². The van der Waals surface area contributed by atoms with Gasteiger partial charge >= 0.3 is 0 Å². The maximum absolute atomic E-state index is 9.52. The summed E-state index contributed by atoms with van der Waals surface area (Å²) in [6, 6.07) is 3.08. The molecule has 0 saturated heterocycles. The molecule has 1 unspecified atom stereocenters. The van der Waals surface area contributed by atoms with Gasteiger partial charge < -0.3 is 15.9 Å². The van der Waals surface area contributed by atoms with Crippen molar-refractivity contribution in [2.24, 2.45) is 5.73 Å². The first-order valence-electron chi connectivity index (χ1n) is 4.34. The Balaban J connectivity index is 3.19. The molecule has 78 valence electrons. The number of benzene rings is 1. The summed E-state index contributed by atoms with van der Waals surface area (Å²) in [5, 5.41) is 18.5. The Morgan fingerprint density at radius 1 is 1.50 bits per heavy atom. The van der Waals surface area contributed by atoms with Crippen molar-refractivity contribution in [3.05, 3.63) is 23.3 Å². The summed E-state index contributed by atoms with van der Waals surface area (Å²) in [5.41, 5.74) is 7.33. The summed E-state index contributed by atoms with van der Waals surface area (Å²) in [4.78, 5) is 1.00. The molecule has 0 aliphatic carbocycles. The second-order valence-electron chi connectivity index (χ2n) is 3.17. The van der Waals surface area contributed by atoms with Gasteiger partial charge in [-0.25, -0.2) is 0 Å². The molecule has 0 fully saturated rings. The van der Waals surface area contributed by atoms with Gasteiger partial charge in [0.15, 0.2) is 0 Å². The summed E-state index contributed by atoms with van der Waals surface area (Å²) in [6.45, 7) is 1.72. The van der Waals surface area contributed by atoms with Gasteiger partial charge in [-0.05, 0) is 36.4 Å². The molecule has 1 atom stereocenters. The largest absolute Gasteiger partial charge is 0.508 e. The van der Waals surface area contributed by atoms with Crippen LogP contribution in [0.3, 0.4) is 0 Å². The van der Waals surface area contributed by atoms with Crippen LogP contribution in [0.25, 0.3) is 0 Å². The molecule has 4 N–H and O–H groups in total. The number of thioether (sulfide) groups is 1. The molecule has 1 aromatic carbocycles. The fourth-order valence-electron chi connectivity index (χ4n) is 1.25. The van der Waals surface area contributed by atoms with Gasteiger partial charge in [0.2, 0.25) is 0 Å². The normalized spacial score (nSPS) is 12.9. The van der Waals surface area contributed by atoms with Gasteiger partial charge in [-0.3, -0.25) is 0 Å². The Labute approximate surface area is 87.9 Å². The number of hydrogen-bond acceptors (Lipinski definition) is 4. The average molecular weight is 213 g/mol. The van der Waals surface area contributed by atoms with E-state index >= 15 is 0 Å². The highest BCUT2D eigenvalue weighted by molar-refractivity contribution is 7.98. The molecule has 1 aromatic rings. The third-order valence-corrected chi connectivity index (χ3v) is 2.94. The van der Waals surface area contributed by atoms with Crippen molar-refractivity contribution in [1.29, 1.82) is 0 Å². The van der Waals surface area contributed by atoms with E-state index < -0.39 is 6.04 Å². The Kier molecular flexibility index (Phi) is 3.80. The standard InChI is InChI=1S/C10H15NO2S/c1-6-3-10(14-2)7(4-9(6)13)8(11)5-12/h3-4,8,12-13H,5,11H2,1-2H3. The summed E-state index contributed by atoms with van der Waals surface area (Å²) in [7, 11) is 0. The number of phenolic OH excluding ortho intramolecular Hbond substituents is 1. The smallest absolute Gasteiger partial charge is 0.118 e. The minimum absolute atomic E-state index is 0.115. The lowest BCUT2D eigenvalue weighted by Gasteiger charge is -2.14. The van der Waals surface area contributed by atoms with Crippen LogP contribution in [-0.2, 0) is 0 Å². The lowest BCUT2D eigenvalue weighted by Crippen LogP contribution is -2.15. The predicted octanol–water partition coefficient (Wildman–Crippen LogP) is 1.41. The number of hydrogen-bond donors (Lipinski definition) is 3. The first-order chi connectivity index (χ1) is 6.60. The van der Waals surface area contributed by atoms with Gasteiger partial charge in [-0.15, -0.1) is 11.8 Å². The maximum Gasteiger partial charge on any atom is 0.118 e. The maximum atomic E-state index is 9.52. The van der Waals surface area contributed by atoms with Gasteiger partial charge in [0.25, 0.3) is 0 Å². The van der Waals surface area contributed by atoms with Crippen LogP contribution in [0.5, 0.6) is 5.75 Å². The predicted molar refractivity (Wildman–Crippen MR) is 58.6 cm³/mol. The topological polar surface area (TPSA) is 66.5 Å². The monoisotopic (exact) mass is 213 g/mol. The van der Waals surface area contributed by atoms with Gasteiger partial charge in [0.05, 0.1) is 12.6 Å². The molecule has 4 heteroatoms. The van der Waals surface area contributed by atoms with Gasteiger partial charge in [-0.2, -0.15) is 0 Å². The lowest BCUT2D eigenvalue weighted by atomic mass is 10.1. The van der Waals surface area contributed by atoms with E-state index in [1.54, 1.807) is 17.8 Å². The highest BCUT2D eigenvalue weighted by atomic mass is 32.2. The van der Waals surface area contributed by atoms with E-state index in [0.29, 0.717) is 0 Å². The van der Waals surface area contributed by atoms with E-state index in [4.69, 9.17) is 10.8 Å². The number of rotatable bonds is 3. The van der Waals surface area contributed by atoms with Crippen molar-refractivity contribution in [2.45, 2.75) is 17.9 Å². The summed E-state index contributed by atoms with van der Waals surface area (Å²) in [5.74, 6) is 0.224. The Hall–Kier alpha value is -0.710. The Bertz CT molecular complexity index is 328. The summed E-state index contributed by atoms with van der Waals surface area (Å²) < 4.78 is 0. The minimum atomic E-state index is -0.427. The highest BCUT2D eigenvalue weighted by Gasteiger charge is 2.12. The molecule has 3 nitrogen and oxygen atoms in total. The minimum Gasteiger partial charge on any atom is -0.508 e. The van der Waals surface area contributed by atoms with Crippen LogP contribution in [0.2, 0.25) is 0 Å². The number of phenols is 1. The molecule has 0 saturated carbocycles. The molecule has 0 radical (unpaired) electrons. The molecule has 0 amide bonds. The van der Waals surface area contributed by atoms with Crippen molar-refractivity contribution < 1.29 is 10.2 Å². The molecular formula is C10H15NO2S. The van der Waals surface area contributed by atoms with Crippen LogP contribution < -0.4 is 5.73 Å². The number of aromatic hydroxyl groups is 1. The van der Waals surface area contributed by atoms with Crippen molar-refractivity contribution in [2.75, 3.05) is 12.9 Å². The first kappa shape index (κ1) is 11.4. The van der Waals surface area contributed by atoms with Crippen molar-refractivity contribution in [3.63, 3.8) is 0 Å². The highest BCUT2D eigenvalue weighted by Crippen LogP contribution is 2.30. The van der Waals surface area contributed by atoms with E-state index in [0.717, 1.165) is 16.0 Å². The van der Waals surface area contributed by atoms with E-state index in [-0.39, 0.29) is 12.4 Å². The van der Waals surface area contributed by atoms with Crippen LogP contribution in [0.4, 0.5) is 0 Å². The SMILES string of the molecule is CSc1cc(C)c(O)cc1C(N)CO. The quantitative estimate of drug-likeness (QED) is 0.664. The van der Waals surface area contributed by atoms with Crippen LogP contribution in [0, 0.1) is 6.92 Å². The molecule has 0 spiro atoms. The number of aliphatic hydroxyl groups is 1. The third-order valence-electron chi connectivity index (χ3n) is 2.14. The Morgan fingerprint density at radius 3 is 2.64 bits per heavy atom. The molecule has 14 heavy (non-hydrogen) atoms. The second-order valence-corrected chi connectivity index (χ2v) is 4.02. The van der Waals surface area contributed by atoms with Gasteiger partial charge in [0.1, 0.15) is 5.75 Å². The van der Waals surface area contributed by atoms with Crippen LogP contribution >= 0.6 is 11.8 Å². The van der Waals surface area contributed by atoms with Crippen molar-refractivity contribution in [1.82, 2.24) is 0 Å². The number of aryl methyl sites for hydroxylation is 1. The summed E-state index contributed by atoms with van der Waals surface area (Å²) >= 11 is 1.56. The third kappa shape index (κ3) is 2.20. The van der Waals surface area contributed by atoms with Crippen LogP contribution in [0.1, 0.15) is 17.2 Å². The van der Waals surface area contributed by atoms with Gasteiger partial charge in [-0.1, -0.05) is 0 Å². The molecular weight excluding hydrogens is 198 g/mol. The molecule has 0 bridgehead atoms. The van der Waals surface area contributed by atoms with Crippen molar-refractivity contribution >= 4 is 11.8 Å². The Morgan fingerprint density at radius 2 is 2.14 bits per heavy atom. The fraction of sp³-hybridized carbons (Fsp3) is 0.400. The average Bonchev–Trinajstić information content (AvgIpc) is 2.20.